The van der Waals surface area contributed by atoms with Crippen LogP contribution in [0.25, 0.3) is 11.1 Å². The molecular weight excluding hydrogens is 331 g/mol. The smallest absolute Gasteiger partial charge is 0.218 e. The van der Waals surface area contributed by atoms with Gasteiger partial charge in [-0.1, -0.05) is 42.5 Å². The quantitative estimate of drug-likeness (QED) is 0.810. The van der Waals surface area contributed by atoms with E-state index >= 15 is 0 Å². The van der Waals surface area contributed by atoms with Crippen molar-refractivity contribution in [3.8, 4) is 11.1 Å². The van der Waals surface area contributed by atoms with Gasteiger partial charge in [-0.3, -0.25) is 9.59 Å². The van der Waals surface area contributed by atoms with Gasteiger partial charge in [0.15, 0.2) is 5.78 Å². The number of likely N-dealkylation sites (tertiary alicyclic amines) is 1. The summed E-state index contributed by atoms with van der Waals surface area (Å²) in [6.07, 6.45) is 1.97. The highest BCUT2D eigenvalue weighted by Gasteiger charge is 2.27. The molecule has 4 nitrogen and oxygen atoms in total. The van der Waals surface area contributed by atoms with Gasteiger partial charge in [0.2, 0.25) is 5.91 Å². The molecule has 1 atom stereocenters. The minimum atomic E-state index is -0.386. The monoisotopic (exact) mass is 354 g/mol. The molecule has 1 aliphatic heterocycles. The van der Waals surface area contributed by atoms with E-state index in [2.05, 4.69) is 4.90 Å². The third kappa shape index (κ3) is 4.35. The minimum absolute atomic E-state index is 0.0349. The number of primary amides is 1. The van der Waals surface area contributed by atoms with Crippen LogP contribution < -0.4 is 5.73 Å². The fraction of sp³-hybridized carbons (Fsp3) is 0.333. The lowest BCUT2D eigenvalue weighted by molar-refractivity contribution is -0.118. The lowest BCUT2D eigenvalue weighted by Crippen LogP contribution is -2.40. The second-order valence-electron chi connectivity index (χ2n) is 6.78. The fourth-order valence-electron chi connectivity index (χ4n) is 3.50. The van der Waals surface area contributed by atoms with Crippen LogP contribution in [0, 0.1) is 11.7 Å². The SMILES string of the molecule is NC(=O)CCN1CCC[C@@H](C(=O)c2ccc(-c3ccccc3)c(F)c2)C1. The Morgan fingerprint density at radius 2 is 1.92 bits per heavy atom. The third-order valence-corrected chi connectivity index (χ3v) is 4.89. The molecule has 1 fully saturated rings. The van der Waals surface area contributed by atoms with Crippen LogP contribution in [0.3, 0.4) is 0 Å². The molecule has 0 spiro atoms. The zero-order chi connectivity index (χ0) is 18.5. The topological polar surface area (TPSA) is 63.4 Å². The number of halogens is 1. The molecule has 2 aromatic rings. The molecule has 0 saturated carbocycles. The van der Waals surface area contributed by atoms with Gasteiger partial charge < -0.3 is 10.6 Å². The molecule has 0 radical (unpaired) electrons. The maximum Gasteiger partial charge on any atom is 0.218 e. The first-order valence-electron chi connectivity index (χ1n) is 8.94. The summed E-state index contributed by atoms with van der Waals surface area (Å²) in [6.45, 7) is 2.02. The molecule has 0 aromatic heterocycles. The summed E-state index contributed by atoms with van der Waals surface area (Å²) in [5, 5.41) is 0. The summed E-state index contributed by atoms with van der Waals surface area (Å²) in [5.41, 5.74) is 6.89. The molecule has 3 rings (SSSR count). The Balaban J connectivity index is 1.71. The lowest BCUT2D eigenvalue weighted by atomic mass is 9.89. The first-order chi connectivity index (χ1) is 12.5. The second-order valence-corrected chi connectivity index (χ2v) is 6.78. The van der Waals surface area contributed by atoms with E-state index in [1.807, 2.05) is 30.3 Å². The number of rotatable bonds is 6. The van der Waals surface area contributed by atoms with E-state index in [9.17, 15) is 14.0 Å². The number of amides is 1. The Labute approximate surface area is 152 Å². The highest BCUT2D eigenvalue weighted by atomic mass is 19.1. The zero-order valence-electron chi connectivity index (χ0n) is 14.7. The summed E-state index contributed by atoms with van der Waals surface area (Å²) in [7, 11) is 0. The minimum Gasteiger partial charge on any atom is -0.370 e. The summed E-state index contributed by atoms with van der Waals surface area (Å²) < 4.78 is 14.5. The van der Waals surface area contributed by atoms with E-state index in [4.69, 9.17) is 5.73 Å². The number of Topliss-reactive ketones (excluding diaryl/α,β-unsaturated/α-hetero) is 1. The Bertz CT molecular complexity index is 792. The van der Waals surface area contributed by atoms with Crippen LogP contribution in [0.1, 0.15) is 29.6 Å². The molecule has 5 heteroatoms. The molecule has 2 aromatic carbocycles. The van der Waals surface area contributed by atoms with Crippen LogP contribution in [-0.2, 0) is 4.79 Å². The van der Waals surface area contributed by atoms with Gasteiger partial charge >= 0.3 is 0 Å². The van der Waals surface area contributed by atoms with Gasteiger partial charge in [-0.25, -0.2) is 4.39 Å². The lowest BCUT2D eigenvalue weighted by Gasteiger charge is -2.31. The van der Waals surface area contributed by atoms with Crippen molar-refractivity contribution in [1.82, 2.24) is 4.90 Å². The summed E-state index contributed by atoms with van der Waals surface area (Å²) >= 11 is 0. The highest BCUT2D eigenvalue weighted by molar-refractivity contribution is 5.98. The van der Waals surface area contributed by atoms with Gasteiger partial charge in [0.05, 0.1) is 0 Å². The third-order valence-electron chi connectivity index (χ3n) is 4.89. The van der Waals surface area contributed by atoms with E-state index in [1.165, 1.54) is 6.07 Å². The Hall–Kier alpha value is -2.53. The van der Waals surface area contributed by atoms with Crippen molar-refractivity contribution in [2.45, 2.75) is 19.3 Å². The van der Waals surface area contributed by atoms with Crippen molar-refractivity contribution in [1.29, 1.82) is 0 Å². The number of hydrogen-bond acceptors (Lipinski definition) is 3. The largest absolute Gasteiger partial charge is 0.370 e. The Morgan fingerprint density at radius 3 is 2.62 bits per heavy atom. The molecule has 0 bridgehead atoms. The van der Waals surface area contributed by atoms with Crippen LogP contribution in [0.15, 0.2) is 48.5 Å². The van der Waals surface area contributed by atoms with Gasteiger partial charge in [-0.05, 0) is 31.0 Å². The van der Waals surface area contributed by atoms with Crippen molar-refractivity contribution in [3.63, 3.8) is 0 Å². The Morgan fingerprint density at radius 1 is 1.15 bits per heavy atom. The normalized spacial score (nSPS) is 17.8. The molecule has 136 valence electrons. The van der Waals surface area contributed by atoms with Crippen molar-refractivity contribution in [3.05, 3.63) is 59.9 Å². The molecule has 1 heterocycles. The Kier molecular flexibility index (Phi) is 5.78. The standard InChI is InChI=1S/C21H23FN2O2/c22-19-13-16(8-9-18(19)15-5-2-1-3-6-15)21(26)17-7-4-11-24(14-17)12-10-20(23)25/h1-3,5-6,8-9,13,17H,4,7,10-12,14H2,(H2,23,25)/t17-/m1/s1. The number of carbonyl (C=O) groups is 2. The molecule has 0 unspecified atom stereocenters. The van der Waals surface area contributed by atoms with Gasteiger partial charge in [-0.2, -0.15) is 0 Å². The fourth-order valence-corrected chi connectivity index (χ4v) is 3.50. The number of ketones is 1. The predicted octanol–water partition coefficient (Wildman–Crippen LogP) is 3.26. The van der Waals surface area contributed by atoms with Gasteiger partial charge in [-0.15, -0.1) is 0 Å². The molecule has 2 N–H and O–H groups in total. The van der Waals surface area contributed by atoms with Crippen LogP contribution in [0.4, 0.5) is 4.39 Å². The number of benzene rings is 2. The van der Waals surface area contributed by atoms with Crippen molar-refractivity contribution >= 4 is 11.7 Å². The molecule has 0 aliphatic carbocycles. The number of nitrogens with zero attached hydrogens (tertiary/aromatic N) is 1. The summed E-state index contributed by atoms with van der Waals surface area (Å²) in [4.78, 5) is 25.8. The maximum atomic E-state index is 14.5. The summed E-state index contributed by atoms with van der Waals surface area (Å²) in [6, 6.07) is 14.0. The molecule has 1 aliphatic rings. The molecule has 1 amide bonds. The van der Waals surface area contributed by atoms with E-state index in [-0.39, 0.29) is 23.4 Å². The number of carbonyl (C=O) groups excluding carboxylic acids is 2. The van der Waals surface area contributed by atoms with Crippen LogP contribution in [-0.4, -0.2) is 36.2 Å². The maximum absolute atomic E-state index is 14.5. The van der Waals surface area contributed by atoms with E-state index in [0.717, 1.165) is 24.9 Å². The highest BCUT2D eigenvalue weighted by Crippen LogP contribution is 2.26. The van der Waals surface area contributed by atoms with Crippen LogP contribution in [0.2, 0.25) is 0 Å². The molecular formula is C21H23FN2O2. The van der Waals surface area contributed by atoms with Crippen molar-refractivity contribution < 1.29 is 14.0 Å². The first-order valence-corrected chi connectivity index (χ1v) is 8.94. The van der Waals surface area contributed by atoms with Gasteiger partial charge in [0.25, 0.3) is 0 Å². The summed E-state index contributed by atoms with van der Waals surface area (Å²) in [5.74, 6) is -0.925. The van der Waals surface area contributed by atoms with Crippen molar-refractivity contribution in [2.75, 3.05) is 19.6 Å². The van der Waals surface area contributed by atoms with Gasteiger partial charge in [0, 0.05) is 36.6 Å². The average molecular weight is 354 g/mol. The van der Waals surface area contributed by atoms with Gasteiger partial charge in [0.1, 0.15) is 5.82 Å². The second kappa shape index (κ2) is 8.23. The first kappa shape index (κ1) is 18.3. The van der Waals surface area contributed by atoms with Crippen LogP contribution in [0.5, 0.6) is 0 Å². The van der Waals surface area contributed by atoms with Crippen LogP contribution >= 0.6 is 0 Å². The van der Waals surface area contributed by atoms with Crippen molar-refractivity contribution in [2.24, 2.45) is 11.7 Å². The molecule has 1 saturated heterocycles. The number of nitrogens with two attached hydrogens (primary N) is 1. The molecule has 26 heavy (non-hydrogen) atoms. The average Bonchev–Trinajstić information content (AvgIpc) is 2.66. The predicted molar refractivity (Wildman–Crippen MR) is 99.1 cm³/mol. The zero-order valence-corrected chi connectivity index (χ0v) is 14.7. The number of hydrogen-bond donors (Lipinski definition) is 1. The van der Waals surface area contributed by atoms with E-state index in [1.54, 1.807) is 12.1 Å². The van der Waals surface area contributed by atoms with E-state index in [0.29, 0.717) is 30.6 Å². The number of piperidine rings is 1. The van der Waals surface area contributed by atoms with E-state index < -0.39 is 0 Å².